The number of aromatic amines is 1. The van der Waals surface area contributed by atoms with Crippen LogP contribution in [0.3, 0.4) is 0 Å². The molecule has 0 fully saturated rings. The number of hydrogen-bond donors (Lipinski definition) is 2. The maximum Gasteiger partial charge on any atom is 0.262 e. The molecule has 0 saturated carbocycles. The number of benzene rings is 3. The van der Waals surface area contributed by atoms with E-state index >= 15 is 0 Å². The third-order valence-electron chi connectivity index (χ3n) is 4.51. The van der Waals surface area contributed by atoms with Crippen molar-refractivity contribution in [2.45, 2.75) is 6.92 Å². The second-order valence-electron chi connectivity index (χ2n) is 6.67. The topological polar surface area (TPSA) is 76.2 Å². The first-order valence-electron chi connectivity index (χ1n) is 9.25. The van der Waals surface area contributed by atoms with Gasteiger partial charge in [0.2, 0.25) is 0 Å². The van der Waals surface area contributed by atoms with Gasteiger partial charge in [0.05, 0.1) is 18.1 Å². The van der Waals surface area contributed by atoms with E-state index in [1.54, 1.807) is 13.2 Å². The number of aryl methyl sites for hydroxylation is 1. The molecule has 1 heterocycles. The fourth-order valence-corrected chi connectivity index (χ4v) is 3.04. The summed E-state index contributed by atoms with van der Waals surface area (Å²) in [5.74, 6) is 1.68. The standard InChI is InChI=1S/C23H21N3O3/c1-15-7-12-20(21(13-15)28-2)29-14-22(27)24-17-10-8-16(9-11-17)23-25-18-5-3-4-6-19(18)26-23/h3-13H,14H2,1-2H3,(H,24,27)(H,25,26). The average molecular weight is 387 g/mol. The minimum atomic E-state index is -0.246. The Kier molecular flexibility index (Phi) is 5.16. The van der Waals surface area contributed by atoms with Gasteiger partial charge in [0, 0.05) is 11.3 Å². The first-order valence-corrected chi connectivity index (χ1v) is 9.25. The Labute approximate surface area is 168 Å². The van der Waals surface area contributed by atoms with Crippen LogP contribution in [-0.4, -0.2) is 29.6 Å². The van der Waals surface area contributed by atoms with Gasteiger partial charge in [0.15, 0.2) is 18.1 Å². The molecule has 0 saturated heterocycles. The van der Waals surface area contributed by atoms with E-state index in [1.807, 2.05) is 67.6 Å². The van der Waals surface area contributed by atoms with Crippen molar-refractivity contribution in [3.63, 3.8) is 0 Å². The summed E-state index contributed by atoms with van der Waals surface area (Å²) in [5, 5.41) is 2.83. The van der Waals surface area contributed by atoms with Crippen molar-refractivity contribution in [2.24, 2.45) is 0 Å². The molecule has 4 aromatic rings. The van der Waals surface area contributed by atoms with Gasteiger partial charge in [-0.2, -0.15) is 0 Å². The van der Waals surface area contributed by atoms with E-state index in [0.717, 1.165) is 28.0 Å². The highest BCUT2D eigenvalue weighted by atomic mass is 16.5. The van der Waals surface area contributed by atoms with Crippen LogP contribution >= 0.6 is 0 Å². The Bertz CT molecular complexity index is 1120. The Morgan fingerprint density at radius 3 is 2.59 bits per heavy atom. The van der Waals surface area contributed by atoms with Crippen molar-refractivity contribution in [2.75, 3.05) is 19.0 Å². The van der Waals surface area contributed by atoms with Gasteiger partial charge in [-0.1, -0.05) is 18.2 Å². The van der Waals surface area contributed by atoms with Gasteiger partial charge >= 0.3 is 0 Å². The predicted octanol–water partition coefficient (Wildman–Crippen LogP) is 4.56. The normalized spacial score (nSPS) is 10.7. The minimum absolute atomic E-state index is 0.106. The van der Waals surface area contributed by atoms with E-state index in [9.17, 15) is 4.79 Å². The van der Waals surface area contributed by atoms with E-state index < -0.39 is 0 Å². The van der Waals surface area contributed by atoms with Crippen molar-refractivity contribution in [1.82, 2.24) is 9.97 Å². The summed E-state index contributed by atoms with van der Waals surface area (Å²) in [6.45, 7) is 1.86. The largest absolute Gasteiger partial charge is 0.493 e. The number of fused-ring (bicyclic) bond motifs is 1. The zero-order valence-corrected chi connectivity index (χ0v) is 16.2. The summed E-state index contributed by atoms with van der Waals surface area (Å²) in [7, 11) is 1.57. The molecule has 4 rings (SSSR count). The molecule has 2 N–H and O–H groups in total. The van der Waals surface area contributed by atoms with Crippen LogP contribution in [-0.2, 0) is 4.79 Å². The van der Waals surface area contributed by atoms with Gasteiger partial charge in [0.25, 0.3) is 5.91 Å². The number of hydrogen-bond acceptors (Lipinski definition) is 4. The fraction of sp³-hybridized carbons (Fsp3) is 0.130. The molecule has 0 aliphatic heterocycles. The zero-order chi connectivity index (χ0) is 20.2. The maximum atomic E-state index is 12.2. The molecule has 0 radical (unpaired) electrons. The number of para-hydroxylation sites is 2. The fourth-order valence-electron chi connectivity index (χ4n) is 3.04. The molecule has 0 aliphatic carbocycles. The van der Waals surface area contributed by atoms with Crippen molar-refractivity contribution in [3.05, 3.63) is 72.3 Å². The molecule has 0 spiro atoms. The van der Waals surface area contributed by atoms with Gasteiger partial charge in [-0.3, -0.25) is 4.79 Å². The lowest BCUT2D eigenvalue weighted by Gasteiger charge is -2.11. The van der Waals surface area contributed by atoms with Gasteiger partial charge in [-0.05, 0) is 61.0 Å². The summed E-state index contributed by atoms with van der Waals surface area (Å²) in [5.41, 5.74) is 4.60. The number of carbonyl (C=O) groups excluding carboxylic acids is 1. The monoisotopic (exact) mass is 387 g/mol. The molecule has 1 amide bonds. The average Bonchev–Trinajstić information content (AvgIpc) is 3.17. The Morgan fingerprint density at radius 2 is 1.83 bits per heavy atom. The molecule has 0 unspecified atom stereocenters. The number of carbonyl (C=O) groups is 1. The van der Waals surface area contributed by atoms with Crippen LogP contribution in [0.2, 0.25) is 0 Å². The molecular formula is C23H21N3O3. The van der Waals surface area contributed by atoms with Crippen molar-refractivity contribution >= 4 is 22.6 Å². The Hall–Kier alpha value is -3.80. The van der Waals surface area contributed by atoms with Crippen LogP contribution in [0.4, 0.5) is 5.69 Å². The molecule has 1 aromatic heterocycles. The number of aromatic nitrogens is 2. The smallest absolute Gasteiger partial charge is 0.262 e. The number of methoxy groups -OCH3 is 1. The summed E-state index contributed by atoms with van der Waals surface area (Å²) in [6.07, 6.45) is 0. The zero-order valence-electron chi connectivity index (χ0n) is 16.2. The quantitative estimate of drug-likeness (QED) is 0.508. The van der Waals surface area contributed by atoms with E-state index in [0.29, 0.717) is 17.2 Å². The number of nitrogens with one attached hydrogen (secondary N) is 2. The minimum Gasteiger partial charge on any atom is -0.493 e. The third kappa shape index (κ3) is 4.21. The number of H-pyrrole nitrogens is 1. The lowest BCUT2D eigenvalue weighted by atomic mass is 10.2. The molecule has 6 heteroatoms. The highest BCUT2D eigenvalue weighted by Crippen LogP contribution is 2.27. The van der Waals surface area contributed by atoms with E-state index in [1.165, 1.54) is 0 Å². The predicted molar refractivity (Wildman–Crippen MR) is 113 cm³/mol. The number of anilines is 1. The van der Waals surface area contributed by atoms with Crippen LogP contribution in [0.15, 0.2) is 66.7 Å². The molecule has 146 valence electrons. The van der Waals surface area contributed by atoms with Crippen LogP contribution in [0.25, 0.3) is 22.4 Å². The summed E-state index contributed by atoms with van der Waals surface area (Å²) >= 11 is 0. The number of amides is 1. The van der Waals surface area contributed by atoms with Crippen molar-refractivity contribution in [1.29, 1.82) is 0 Å². The molecule has 0 atom stereocenters. The lowest BCUT2D eigenvalue weighted by Crippen LogP contribution is -2.20. The first-order chi connectivity index (χ1) is 14.1. The summed E-state index contributed by atoms with van der Waals surface area (Å²) in [4.78, 5) is 20.1. The van der Waals surface area contributed by atoms with Gasteiger partial charge in [0.1, 0.15) is 5.82 Å². The lowest BCUT2D eigenvalue weighted by molar-refractivity contribution is -0.118. The second-order valence-corrected chi connectivity index (χ2v) is 6.67. The van der Waals surface area contributed by atoms with Crippen molar-refractivity contribution in [3.8, 4) is 22.9 Å². The van der Waals surface area contributed by atoms with Gasteiger partial charge in [-0.15, -0.1) is 0 Å². The molecule has 6 nitrogen and oxygen atoms in total. The highest BCUT2D eigenvalue weighted by molar-refractivity contribution is 5.92. The van der Waals surface area contributed by atoms with Crippen LogP contribution < -0.4 is 14.8 Å². The SMILES string of the molecule is COc1cc(C)ccc1OCC(=O)Nc1ccc(-c2nc3ccccc3[nH]2)cc1. The van der Waals surface area contributed by atoms with Gasteiger partial charge in [-0.25, -0.2) is 4.98 Å². The first kappa shape index (κ1) is 18.6. The van der Waals surface area contributed by atoms with Gasteiger partial charge < -0.3 is 19.8 Å². The number of rotatable bonds is 6. The molecule has 0 bridgehead atoms. The highest BCUT2D eigenvalue weighted by Gasteiger charge is 2.09. The van der Waals surface area contributed by atoms with E-state index in [2.05, 4.69) is 15.3 Å². The maximum absolute atomic E-state index is 12.2. The summed E-state index contributed by atoms with van der Waals surface area (Å²) < 4.78 is 10.9. The molecule has 3 aromatic carbocycles. The number of ether oxygens (including phenoxy) is 2. The third-order valence-corrected chi connectivity index (χ3v) is 4.51. The Morgan fingerprint density at radius 1 is 1.03 bits per heavy atom. The van der Waals surface area contributed by atoms with Crippen molar-refractivity contribution < 1.29 is 14.3 Å². The second kappa shape index (κ2) is 8.06. The van der Waals surface area contributed by atoms with E-state index in [-0.39, 0.29) is 12.5 Å². The molecular weight excluding hydrogens is 366 g/mol. The van der Waals surface area contributed by atoms with E-state index in [4.69, 9.17) is 9.47 Å². The van der Waals surface area contributed by atoms with Crippen LogP contribution in [0.1, 0.15) is 5.56 Å². The summed E-state index contributed by atoms with van der Waals surface area (Å²) in [6, 6.07) is 21.0. The molecule has 29 heavy (non-hydrogen) atoms. The van der Waals surface area contributed by atoms with Crippen LogP contribution in [0.5, 0.6) is 11.5 Å². The number of imidazole rings is 1. The Balaban J connectivity index is 1.39. The molecule has 0 aliphatic rings. The number of nitrogens with zero attached hydrogens (tertiary/aromatic N) is 1. The van der Waals surface area contributed by atoms with Crippen LogP contribution in [0, 0.1) is 6.92 Å².